The Morgan fingerprint density at radius 2 is 1.94 bits per heavy atom. The smallest absolute Gasteiger partial charge is 0.323 e. The van der Waals surface area contributed by atoms with Gasteiger partial charge in [0.2, 0.25) is 0 Å². The first-order valence-electron chi connectivity index (χ1n) is 6.09. The maximum atomic E-state index is 12.3. The summed E-state index contributed by atoms with van der Waals surface area (Å²) in [6, 6.07) is -0.249. The number of imide groups is 1. The summed E-state index contributed by atoms with van der Waals surface area (Å²) in [5.41, 5.74) is -0.593. The van der Waals surface area contributed by atoms with Gasteiger partial charge in [0.25, 0.3) is 5.91 Å². The Kier molecular flexibility index (Phi) is 3.76. The summed E-state index contributed by atoms with van der Waals surface area (Å²) in [5, 5.41) is 2.88. The molecule has 4 nitrogen and oxygen atoms in total. The van der Waals surface area contributed by atoms with E-state index in [1.54, 1.807) is 0 Å². The van der Waals surface area contributed by atoms with Gasteiger partial charge in [-0.2, -0.15) is 12.6 Å². The second kappa shape index (κ2) is 5.12. The molecule has 1 saturated heterocycles. The molecule has 2 fully saturated rings. The predicted octanol–water partition coefficient (Wildman–Crippen LogP) is 1.73. The minimum atomic E-state index is -0.593. The molecule has 1 N–H and O–H groups in total. The molecule has 2 aliphatic rings. The van der Waals surface area contributed by atoms with Crippen molar-refractivity contribution in [3.8, 4) is 0 Å². The molecular weight excluding hydrogens is 236 g/mol. The minimum Gasteiger partial charge on any atom is -0.323 e. The molecule has 0 aromatic heterocycles. The number of amides is 3. The SMILES string of the molecule is O=C1NC2(CCCCC2)C(=O)N1CC=CCS. The van der Waals surface area contributed by atoms with Gasteiger partial charge >= 0.3 is 6.03 Å². The Labute approximate surface area is 107 Å². The van der Waals surface area contributed by atoms with Crippen LogP contribution < -0.4 is 5.32 Å². The molecule has 0 aromatic carbocycles. The maximum Gasteiger partial charge on any atom is 0.325 e. The quantitative estimate of drug-likeness (QED) is 0.458. The Morgan fingerprint density at radius 1 is 1.24 bits per heavy atom. The van der Waals surface area contributed by atoms with Gasteiger partial charge in [-0.15, -0.1) is 0 Å². The first-order chi connectivity index (χ1) is 8.19. The molecular formula is C12H18N2O2S. The summed E-state index contributed by atoms with van der Waals surface area (Å²) in [6.07, 6.45) is 8.42. The summed E-state index contributed by atoms with van der Waals surface area (Å²) in [6.45, 7) is 0.354. The van der Waals surface area contributed by atoms with E-state index in [0.29, 0.717) is 12.3 Å². The van der Waals surface area contributed by atoms with Crippen LogP contribution in [-0.4, -0.2) is 34.7 Å². The number of rotatable bonds is 3. The Bertz CT molecular complexity index is 348. The van der Waals surface area contributed by atoms with Gasteiger partial charge in [0.1, 0.15) is 5.54 Å². The van der Waals surface area contributed by atoms with Crippen molar-refractivity contribution in [2.24, 2.45) is 0 Å². The largest absolute Gasteiger partial charge is 0.325 e. The van der Waals surface area contributed by atoms with Gasteiger partial charge in [-0.1, -0.05) is 31.4 Å². The molecule has 2 rings (SSSR count). The summed E-state index contributed by atoms with van der Waals surface area (Å²) in [4.78, 5) is 25.4. The normalized spacial score (nSPS) is 23.7. The van der Waals surface area contributed by atoms with Crippen molar-refractivity contribution < 1.29 is 9.59 Å². The first kappa shape index (κ1) is 12.5. The number of thiol groups is 1. The Hall–Kier alpha value is -0.970. The highest BCUT2D eigenvalue weighted by Crippen LogP contribution is 2.33. The number of nitrogens with zero attached hydrogens (tertiary/aromatic N) is 1. The standard InChI is InChI=1S/C12H18N2O2S/c15-10-12(6-2-1-3-7-12)13-11(16)14(10)8-4-5-9-17/h4-5,17H,1-3,6-9H2,(H,13,16). The van der Waals surface area contributed by atoms with Crippen LogP contribution in [0.25, 0.3) is 0 Å². The molecule has 17 heavy (non-hydrogen) atoms. The Morgan fingerprint density at radius 3 is 2.59 bits per heavy atom. The van der Waals surface area contributed by atoms with Gasteiger partial charge < -0.3 is 5.32 Å². The van der Waals surface area contributed by atoms with Crippen LogP contribution in [0.4, 0.5) is 4.79 Å². The highest BCUT2D eigenvalue weighted by molar-refractivity contribution is 7.80. The molecule has 94 valence electrons. The maximum absolute atomic E-state index is 12.3. The minimum absolute atomic E-state index is 0.0500. The number of hydrogen-bond donors (Lipinski definition) is 2. The number of urea groups is 1. The molecule has 5 heteroatoms. The lowest BCUT2D eigenvalue weighted by Crippen LogP contribution is -2.48. The lowest BCUT2D eigenvalue weighted by Gasteiger charge is -2.30. The van der Waals surface area contributed by atoms with Gasteiger partial charge in [0.15, 0.2) is 0 Å². The molecule has 1 aliphatic heterocycles. The summed E-state index contributed by atoms with van der Waals surface area (Å²) >= 11 is 4.05. The summed E-state index contributed by atoms with van der Waals surface area (Å²) in [7, 11) is 0. The molecule has 1 heterocycles. The van der Waals surface area contributed by atoms with Gasteiger partial charge in [0, 0.05) is 12.3 Å². The van der Waals surface area contributed by atoms with Crippen molar-refractivity contribution in [3.63, 3.8) is 0 Å². The van der Waals surface area contributed by atoms with Gasteiger partial charge in [-0.3, -0.25) is 9.69 Å². The highest BCUT2D eigenvalue weighted by atomic mass is 32.1. The Balaban J connectivity index is 2.07. The van der Waals surface area contributed by atoms with E-state index >= 15 is 0 Å². The molecule has 0 atom stereocenters. The van der Waals surface area contributed by atoms with Crippen LogP contribution in [0.2, 0.25) is 0 Å². The summed E-state index contributed by atoms with van der Waals surface area (Å²) in [5.74, 6) is 0.570. The van der Waals surface area contributed by atoms with Crippen LogP contribution in [0.1, 0.15) is 32.1 Å². The third kappa shape index (κ3) is 2.34. The number of carbonyl (C=O) groups excluding carboxylic acids is 2. The predicted molar refractivity (Wildman–Crippen MR) is 69.1 cm³/mol. The number of carbonyl (C=O) groups is 2. The zero-order chi connectivity index (χ0) is 12.3. The van der Waals surface area contributed by atoms with E-state index in [1.807, 2.05) is 12.2 Å². The molecule has 0 aromatic rings. The number of nitrogens with one attached hydrogen (secondary N) is 1. The van der Waals surface area contributed by atoms with E-state index in [2.05, 4.69) is 17.9 Å². The third-order valence-electron chi connectivity index (χ3n) is 3.51. The fourth-order valence-electron chi connectivity index (χ4n) is 2.59. The fraction of sp³-hybridized carbons (Fsp3) is 0.667. The van der Waals surface area contributed by atoms with E-state index in [0.717, 1.165) is 32.1 Å². The zero-order valence-electron chi connectivity index (χ0n) is 9.82. The van der Waals surface area contributed by atoms with Gasteiger partial charge in [-0.05, 0) is 12.8 Å². The monoisotopic (exact) mass is 254 g/mol. The van der Waals surface area contributed by atoms with Crippen molar-refractivity contribution >= 4 is 24.6 Å². The van der Waals surface area contributed by atoms with Crippen molar-refractivity contribution in [1.82, 2.24) is 10.2 Å². The van der Waals surface area contributed by atoms with Crippen molar-refractivity contribution in [2.45, 2.75) is 37.6 Å². The van der Waals surface area contributed by atoms with Crippen LogP contribution in [0.3, 0.4) is 0 Å². The van der Waals surface area contributed by atoms with Gasteiger partial charge in [0.05, 0.1) is 0 Å². The second-order valence-electron chi connectivity index (χ2n) is 4.64. The third-order valence-corrected chi connectivity index (χ3v) is 3.72. The first-order valence-corrected chi connectivity index (χ1v) is 6.73. The molecule has 0 radical (unpaired) electrons. The molecule has 0 unspecified atom stereocenters. The average molecular weight is 254 g/mol. The van der Waals surface area contributed by atoms with Gasteiger partial charge in [-0.25, -0.2) is 4.79 Å². The van der Waals surface area contributed by atoms with Crippen LogP contribution in [-0.2, 0) is 4.79 Å². The molecule has 1 aliphatic carbocycles. The summed E-state index contributed by atoms with van der Waals surface area (Å²) < 4.78 is 0. The van der Waals surface area contributed by atoms with E-state index in [-0.39, 0.29) is 11.9 Å². The van der Waals surface area contributed by atoms with E-state index < -0.39 is 5.54 Å². The van der Waals surface area contributed by atoms with Crippen molar-refractivity contribution in [3.05, 3.63) is 12.2 Å². The fourth-order valence-corrected chi connectivity index (χ4v) is 2.74. The molecule has 3 amide bonds. The van der Waals surface area contributed by atoms with Crippen LogP contribution in [0.5, 0.6) is 0 Å². The molecule has 1 spiro atoms. The lowest BCUT2D eigenvalue weighted by atomic mass is 9.82. The van der Waals surface area contributed by atoms with E-state index in [1.165, 1.54) is 4.90 Å². The topological polar surface area (TPSA) is 49.4 Å². The molecule has 0 bridgehead atoms. The van der Waals surface area contributed by atoms with Crippen molar-refractivity contribution in [1.29, 1.82) is 0 Å². The molecule has 1 saturated carbocycles. The van der Waals surface area contributed by atoms with Crippen molar-refractivity contribution in [2.75, 3.05) is 12.3 Å². The lowest BCUT2D eigenvalue weighted by molar-refractivity contribution is -0.132. The van der Waals surface area contributed by atoms with E-state index in [4.69, 9.17) is 0 Å². The average Bonchev–Trinajstić information content (AvgIpc) is 2.55. The van der Waals surface area contributed by atoms with Crippen LogP contribution in [0.15, 0.2) is 12.2 Å². The van der Waals surface area contributed by atoms with E-state index in [9.17, 15) is 9.59 Å². The number of hydrogen-bond acceptors (Lipinski definition) is 3. The second-order valence-corrected chi connectivity index (χ2v) is 5.01. The zero-order valence-corrected chi connectivity index (χ0v) is 10.7. The highest BCUT2D eigenvalue weighted by Gasteiger charge is 2.50. The van der Waals surface area contributed by atoms with Crippen LogP contribution in [0, 0.1) is 0 Å². The van der Waals surface area contributed by atoms with Crippen LogP contribution >= 0.6 is 12.6 Å².